The Morgan fingerprint density at radius 1 is 1.38 bits per heavy atom. The molecule has 0 saturated carbocycles. The van der Waals surface area contributed by atoms with Crippen molar-refractivity contribution in [1.29, 1.82) is 0 Å². The van der Waals surface area contributed by atoms with Crippen molar-refractivity contribution < 1.29 is 14.0 Å². The number of benzene rings is 1. The van der Waals surface area contributed by atoms with Gasteiger partial charge >= 0.3 is 0 Å². The van der Waals surface area contributed by atoms with Gasteiger partial charge in [0.2, 0.25) is 11.8 Å². The van der Waals surface area contributed by atoms with Crippen LogP contribution < -0.4 is 16.4 Å². The number of nitrogens with two attached hydrogens (primary N) is 1. The van der Waals surface area contributed by atoms with Gasteiger partial charge in [0.1, 0.15) is 5.82 Å². The summed E-state index contributed by atoms with van der Waals surface area (Å²) in [4.78, 5) is 22.5. The first-order valence-electron chi connectivity index (χ1n) is 6.12. The highest BCUT2D eigenvalue weighted by Gasteiger charge is 2.10. The SMILES string of the molecule is CC(Cc1ccc(F)c(Br)c1)NC(=O)CNC(=O)CN.Cl. The third-order valence-corrected chi connectivity index (χ3v) is 3.17. The Morgan fingerprint density at radius 3 is 2.62 bits per heavy atom. The molecule has 118 valence electrons. The van der Waals surface area contributed by atoms with Crippen LogP contribution in [0.25, 0.3) is 0 Å². The van der Waals surface area contributed by atoms with Crippen LogP contribution >= 0.6 is 28.3 Å². The highest BCUT2D eigenvalue weighted by molar-refractivity contribution is 9.10. The molecule has 0 fully saturated rings. The maximum Gasteiger partial charge on any atom is 0.239 e. The minimum atomic E-state index is -0.379. The lowest BCUT2D eigenvalue weighted by Crippen LogP contribution is -2.43. The van der Waals surface area contributed by atoms with E-state index in [0.29, 0.717) is 10.9 Å². The number of amides is 2. The Morgan fingerprint density at radius 2 is 2.05 bits per heavy atom. The van der Waals surface area contributed by atoms with Crippen molar-refractivity contribution in [3.05, 3.63) is 34.1 Å². The van der Waals surface area contributed by atoms with Crippen molar-refractivity contribution in [3.63, 3.8) is 0 Å². The summed E-state index contributed by atoms with van der Waals surface area (Å²) in [5, 5.41) is 5.12. The van der Waals surface area contributed by atoms with Gasteiger partial charge in [0.05, 0.1) is 17.6 Å². The summed E-state index contributed by atoms with van der Waals surface area (Å²) in [7, 11) is 0. The van der Waals surface area contributed by atoms with Crippen molar-refractivity contribution >= 4 is 40.2 Å². The fraction of sp³-hybridized carbons (Fsp3) is 0.385. The lowest BCUT2D eigenvalue weighted by atomic mass is 10.1. The van der Waals surface area contributed by atoms with E-state index >= 15 is 0 Å². The Bertz CT molecular complexity index is 502. The van der Waals surface area contributed by atoms with Gasteiger partial charge in [-0.05, 0) is 47.0 Å². The number of hydrogen-bond acceptors (Lipinski definition) is 3. The quantitative estimate of drug-likeness (QED) is 0.689. The highest BCUT2D eigenvalue weighted by Crippen LogP contribution is 2.17. The zero-order chi connectivity index (χ0) is 15.1. The van der Waals surface area contributed by atoms with E-state index in [2.05, 4.69) is 26.6 Å². The third-order valence-electron chi connectivity index (χ3n) is 2.56. The molecular weight excluding hydrogens is 365 g/mol. The first kappa shape index (κ1) is 19.8. The summed E-state index contributed by atoms with van der Waals surface area (Å²) in [6, 6.07) is 4.58. The molecule has 1 aromatic rings. The number of carbonyl (C=O) groups excluding carboxylic acids is 2. The van der Waals surface area contributed by atoms with Crippen LogP contribution in [-0.2, 0) is 16.0 Å². The van der Waals surface area contributed by atoms with Crippen molar-refractivity contribution in [1.82, 2.24) is 10.6 Å². The Balaban J connectivity index is 0.00000400. The Hall–Kier alpha value is -1.18. The predicted octanol–water partition coefficient (Wildman–Crippen LogP) is 1.13. The largest absolute Gasteiger partial charge is 0.352 e. The minimum absolute atomic E-state index is 0. The number of rotatable bonds is 6. The smallest absolute Gasteiger partial charge is 0.239 e. The predicted molar refractivity (Wildman–Crippen MR) is 84.7 cm³/mol. The molecule has 0 spiro atoms. The number of nitrogens with one attached hydrogen (secondary N) is 2. The van der Waals surface area contributed by atoms with Crippen LogP contribution in [0.1, 0.15) is 12.5 Å². The van der Waals surface area contributed by atoms with E-state index in [0.717, 1.165) is 5.56 Å². The molecule has 21 heavy (non-hydrogen) atoms. The zero-order valence-corrected chi connectivity index (χ0v) is 13.9. The Kier molecular flexibility index (Phi) is 9.16. The normalized spacial score (nSPS) is 11.2. The summed E-state index contributed by atoms with van der Waals surface area (Å²) in [5.41, 5.74) is 6.01. The molecule has 1 rings (SSSR count). The van der Waals surface area contributed by atoms with Gasteiger partial charge in [0, 0.05) is 6.04 Å². The molecule has 0 saturated heterocycles. The fourth-order valence-corrected chi connectivity index (χ4v) is 2.07. The number of hydrogen-bond donors (Lipinski definition) is 3. The first-order valence-corrected chi connectivity index (χ1v) is 6.91. The van der Waals surface area contributed by atoms with Crippen LogP contribution in [0.3, 0.4) is 0 Å². The van der Waals surface area contributed by atoms with Gasteiger partial charge in [0.25, 0.3) is 0 Å². The van der Waals surface area contributed by atoms with Crippen molar-refractivity contribution in [2.75, 3.05) is 13.1 Å². The summed E-state index contributed by atoms with van der Waals surface area (Å²) in [5.74, 6) is -0.995. The second-order valence-corrected chi connectivity index (χ2v) is 5.26. The molecule has 1 aromatic carbocycles. The molecule has 1 unspecified atom stereocenters. The monoisotopic (exact) mass is 381 g/mol. The first-order chi connectivity index (χ1) is 9.42. The average Bonchev–Trinajstić information content (AvgIpc) is 2.40. The summed E-state index contributed by atoms with van der Waals surface area (Å²) in [6.07, 6.45) is 0.565. The molecule has 0 aliphatic heterocycles. The molecule has 1 atom stereocenters. The van der Waals surface area contributed by atoms with Crippen molar-refractivity contribution in [3.8, 4) is 0 Å². The summed E-state index contributed by atoms with van der Waals surface area (Å²) >= 11 is 3.11. The van der Waals surface area contributed by atoms with Gasteiger partial charge in [-0.1, -0.05) is 6.07 Å². The van der Waals surface area contributed by atoms with Crippen LogP contribution in [0.4, 0.5) is 4.39 Å². The minimum Gasteiger partial charge on any atom is -0.352 e. The maximum absolute atomic E-state index is 13.1. The Labute approximate surface area is 137 Å². The van der Waals surface area contributed by atoms with Crippen molar-refractivity contribution in [2.45, 2.75) is 19.4 Å². The summed E-state index contributed by atoms with van der Waals surface area (Å²) < 4.78 is 13.5. The zero-order valence-electron chi connectivity index (χ0n) is 11.5. The van der Waals surface area contributed by atoms with Crippen molar-refractivity contribution in [2.24, 2.45) is 5.73 Å². The van der Waals surface area contributed by atoms with E-state index in [1.165, 1.54) is 6.07 Å². The maximum atomic E-state index is 13.1. The fourth-order valence-electron chi connectivity index (χ4n) is 1.65. The lowest BCUT2D eigenvalue weighted by molar-refractivity contribution is -0.125. The summed E-state index contributed by atoms with van der Waals surface area (Å²) in [6.45, 7) is 1.58. The molecular formula is C13H18BrClFN3O2. The van der Waals surface area contributed by atoms with E-state index in [1.807, 2.05) is 6.92 Å². The van der Waals surface area contributed by atoms with Crippen LogP contribution in [0.2, 0.25) is 0 Å². The topological polar surface area (TPSA) is 84.2 Å². The van der Waals surface area contributed by atoms with Gasteiger partial charge in [-0.2, -0.15) is 0 Å². The van der Waals surface area contributed by atoms with Crippen LogP contribution in [0.15, 0.2) is 22.7 Å². The van der Waals surface area contributed by atoms with Gasteiger partial charge < -0.3 is 16.4 Å². The van der Waals surface area contributed by atoms with E-state index in [4.69, 9.17) is 5.73 Å². The van der Waals surface area contributed by atoms with Crippen LogP contribution in [-0.4, -0.2) is 30.9 Å². The van der Waals surface area contributed by atoms with Gasteiger partial charge in [-0.25, -0.2) is 4.39 Å². The molecule has 0 aromatic heterocycles. The molecule has 0 aliphatic rings. The number of carbonyl (C=O) groups is 2. The van der Waals surface area contributed by atoms with Gasteiger partial charge in [0.15, 0.2) is 0 Å². The van der Waals surface area contributed by atoms with E-state index in [1.54, 1.807) is 12.1 Å². The molecule has 4 N–H and O–H groups in total. The molecule has 0 aliphatic carbocycles. The van der Waals surface area contributed by atoms with Crippen LogP contribution in [0, 0.1) is 5.82 Å². The second kappa shape index (κ2) is 9.70. The van der Waals surface area contributed by atoms with E-state index < -0.39 is 0 Å². The molecule has 2 amide bonds. The molecule has 8 heteroatoms. The van der Waals surface area contributed by atoms with Crippen LogP contribution in [0.5, 0.6) is 0 Å². The van der Waals surface area contributed by atoms with E-state index in [9.17, 15) is 14.0 Å². The van der Waals surface area contributed by atoms with E-state index in [-0.39, 0.29) is 49.2 Å². The molecule has 5 nitrogen and oxygen atoms in total. The number of halogens is 3. The molecule has 0 radical (unpaired) electrons. The highest BCUT2D eigenvalue weighted by atomic mass is 79.9. The third kappa shape index (κ3) is 7.40. The molecule has 0 bridgehead atoms. The second-order valence-electron chi connectivity index (χ2n) is 4.40. The standard InChI is InChI=1S/C13H17BrFN3O2.ClH/c1-8(18-13(20)7-17-12(19)6-16)4-9-2-3-11(15)10(14)5-9;/h2-3,5,8H,4,6-7,16H2,1H3,(H,17,19)(H,18,20);1H. The molecule has 0 heterocycles. The average molecular weight is 383 g/mol. The van der Waals surface area contributed by atoms with Gasteiger partial charge in [-0.15, -0.1) is 12.4 Å². The van der Waals surface area contributed by atoms with Gasteiger partial charge in [-0.3, -0.25) is 9.59 Å². The lowest BCUT2D eigenvalue weighted by Gasteiger charge is -2.14.